The molecule has 0 aromatic heterocycles. The number of hydrazine groups is 1. The Morgan fingerprint density at radius 2 is 2.05 bits per heavy atom. The Balaban J connectivity index is 2.36. The van der Waals surface area contributed by atoms with E-state index in [2.05, 4.69) is 26.2 Å². The fourth-order valence-corrected chi connectivity index (χ4v) is 2.80. The van der Waals surface area contributed by atoms with Crippen LogP contribution in [0.1, 0.15) is 59.3 Å². The summed E-state index contributed by atoms with van der Waals surface area (Å²) in [7, 11) is 0. The summed E-state index contributed by atoms with van der Waals surface area (Å²) in [5, 5.41) is 0. The Morgan fingerprint density at radius 1 is 1.35 bits per heavy atom. The molecule has 116 valence electrons. The molecule has 1 atom stereocenters. The lowest BCUT2D eigenvalue weighted by atomic mass is 9.77. The standard InChI is InChI=1S/C15H29N3O2/c1-15(2,3)12-7-8-14(20)18(11-9-12)10-5-4-6-13(19)17-16/h12H,4-11,16H2,1-3H3,(H,17,19). The van der Waals surface area contributed by atoms with Crippen LogP contribution in [0.15, 0.2) is 0 Å². The number of likely N-dealkylation sites (tertiary alicyclic amines) is 1. The van der Waals surface area contributed by atoms with Crippen LogP contribution < -0.4 is 11.3 Å². The SMILES string of the molecule is CC(C)(C)C1CCC(=O)N(CCCCC(=O)NN)CC1. The zero-order valence-corrected chi connectivity index (χ0v) is 13.1. The number of unbranched alkanes of at least 4 members (excludes halogenated alkanes) is 1. The van der Waals surface area contributed by atoms with Crippen molar-refractivity contribution in [2.75, 3.05) is 13.1 Å². The highest BCUT2D eigenvalue weighted by Crippen LogP contribution is 2.34. The van der Waals surface area contributed by atoms with Gasteiger partial charge in [-0.05, 0) is 37.0 Å². The van der Waals surface area contributed by atoms with Crippen molar-refractivity contribution >= 4 is 11.8 Å². The van der Waals surface area contributed by atoms with Crippen molar-refractivity contribution in [3.8, 4) is 0 Å². The predicted octanol–water partition coefficient (Wildman–Crippen LogP) is 1.82. The van der Waals surface area contributed by atoms with Gasteiger partial charge in [-0.1, -0.05) is 20.8 Å². The van der Waals surface area contributed by atoms with Crippen LogP contribution >= 0.6 is 0 Å². The number of amides is 2. The van der Waals surface area contributed by atoms with E-state index in [1.807, 2.05) is 4.90 Å². The number of hydrogen-bond donors (Lipinski definition) is 2. The van der Waals surface area contributed by atoms with Gasteiger partial charge in [0.1, 0.15) is 0 Å². The van der Waals surface area contributed by atoms with Gasteiger partial charge in [0, 0.05) is 25.9 Å². The Hall–Kier alpha value is -1.10. The van der Waals surface area contributed by atoms with Crippen molar-refractivity contribution in [1.29, 1.82) is 0 Å². The fraction of sp³-hybridized carbons (Fsp3) is 0.867. The molecule has 5 heteroatoms. The van der Waals surface area contributed by atoms with E-state index in [9.17, 15) is 9.59 Å². The normalized spacial score (nSPS) is 20.7. The van der Waals surface area contributed by atoms with Crippen molar-refractivity contribution in [2.45, 2.75) is 59.3 Å². The van der Waals surface area contributed by atoms with Crippen LogP contribution in [0, 0.1) is 11.3 Å². The van der Waals surface area contributed by atoms with Crippen molar-refractivity contribution in [3.05, 3.63) is 0 Å². The second-order valence-electron chi connectivity index (χ2n) is 6.80. The number of nitrogens with one attached hydrogen (secondary N) is 1. The molecule has 0 aliphatic carbocycles. The van der Waals surface area contributed by atoms with Gasteiger partial charge < -0.3 is 4.90 Å². The molecule has 0 bridgehead atoms. The van der Waals surface area contributed by atoms with Gasteiger partial charge in [0.15, 0.2) is 0 Å². The molecule has 1 aliphatic heterocycles. The van der Waals surface area contributed by atoms with E-state index in [1.54, 1.807) is 0 Å². The van der Waals surface area contributed by atoms with E-state index < -0.39 is 0 Å². The molecule has 1 aliphatic rings. The lowest BCUT2D eigenvalue weighted by molar-refractivity contribution is -0.130. The third kappa shape index (κ3) is 5.49. The highest BCUT2D eigenvalue weighted by Gasteiger charge is 2.29. The molecular weight excluding hydrogens is 254 g/mol. The fourth-order valence-electron chi connectivity index (χ4n) is 2.80. The molecule has 3 N–H and O–H groups in total. The summed E-state index contributed by atoms with van der Waals surface area (Å²) in [6.45, 7) is 8.37. The number of nitrogens with zero attached hydrogens (tertiary/aromatic N) is 1. The van der Waals surface area contributed by atoms with Crippen LogP contribution in [0.25, 0.3) is 0 Å². The second-order valence-corrected chi connectivity index (χ2v) is 6.80. The summed E-state index contributed by atoms with van der Waals surface area (Å²) in [6, 6.07) is 0. The van der Waals surface area contributed by atoms with Crippen LogP contribution in [0.5, 0.6) is 0 Å². The molecule has 20 heavy (non-hydrogen) atoms. The molecule has 1 rings (SSSR count). The van der Waals surface area contributed by atoms with Gasteiger partial charge in [-0.3, -0.25) is 15.0 Å². The Bertz CT molecular complexity index is 337. The second kappa shape index (κ2) is 7.62. The van der Waals surface area contributed by atoms with E-state index in [4.69, 9.17) is 5.84 Å². The summed E-state index contributed by atoms with van der Waals surface area (Å²) in [5.74, 6) is 5.77. The molecule has 0 spiro atoms. The number of rotatable bonds is 5. The summed E-state index contributed by atoms with van der Waals surface area (Å²) >= 11 is 0. The first-order valence-corrected chi connectivity index (χ1v) is 7.62. The molecule has 0 saturated carbocycles. The number of nitrogens with two attached hydrogens (primary N) is 1. The Morgan fingerprint density at radius 3 is 2.65 bits per heavy atom. The van der Waals surface area contributed by atoms with Gasteiger partial charge in [0.2, 0.25) is 11.8 Å². The first-order valence-electron chi connectivity index (χ1n) is 7.62. The molecule has 2 amide bonds. The quantitative estimate of drug-likeness (QED) is 0.350. The van der Waals surface area contributed by atoms with Gasteiger partial charge in [-0.2, -0.15) is 0 Å². The molecule has 0 aromatic carbocycles. The topological polar surface area (TPSA) is 75.4 Å². The zero-order valence-electron chi connectivity index (χ0n) is 13.1. The van der Waals surface area contributed by atoms with E-state index in [0.717, 1.165) is 38.8 Å². The molecule has 1 heterocycles. The minimum atomic E-state index is -0.139. The highest BCUT2D eigenvalue weighted by atomic mass is 16.2. The van der Waals surface area contributed by atoms with Gasteiger partial charge in [0.05, 0.1) is 0 Å². The van der Waals surface area contributed by atoms with Crippen LogP contribution in [-0.4, -0.2) is 29.8 Å². The molecule has 1 fully saturated rings. The summed E-state index contributed by atoms with van der Waals surface area (Å²) in [6.07, 6.45) is 4.80. The summed E-state index contributed by atoms with van der Waals surface area (Å²) in [4.78, 5) is 25.1. The van der Waals surface area contributed by atoms with Crippen LogP contribution in [0.2, 0.25) is 0 Å². The molecule has 1 saturated heterocycles. The largest absolute Gasteiger partial charge is 0.343 e. The first kappa shape index (κ1) is 17.0. The van der Waals surface area contributed by atoms with Crippen molar-refractivity contribution < 1.29 is 9.59 Å². The van der Waals surface area contributed by atoms with Crippen LogP contribution in [-0.2, 0) is 9.59 Å². The monoisotopic (exact) mass is 283 g/mol. The molecule has 0 aromatic rings. The lowest BCUT2D eigenvalue weighted by Crippen LogP contribution is -2.32. The maximum absolute atomic E-state index is 12.1. The summed E-state index contributed by atoms with van der Waals surface area (Å²) in [5.41, 5.74) is 2.40. The van der Waals surface area contributed by atoms with Crippen LogP contribution in [0.4, 0.5) is 0 Å². The Kier molecular flexibility index (Phi) is 6.46. The lowest BCUT2D eigenvalue weighted by Gasteiger charge is -2.29. The minimum absolute atomic E-state index is 0.139. The molecular formula is C15H29N3O2. The van der Waals surface area contributed by atoms with Crippen LogP contribution in [0.3, 0.4) is 0 Å². The maximum atomic E-state index is 12.1. The molecule has 5 nitrogen and oxygen atoms in total. The maximum Gasteiger partial charge on any atom is 0.233 e. The van der Waals surface area contributed by atoms with E-state index >= 15 is 0 Å². The van der Waals surface area contributed by atoms with E-state index in [1.165, 1.54) is 0 Å². The van der Waals surface area contributed by atoms with Crippen molar-refractivity contribution in [1.82, 2.24) is 10.3 Å². The predicted molar refractivity (Wildman–Crippen MR) is 79.6 cm³/mol. The number of carbonyl (C=O) groups excluding carboxylic acids is 2. The zero-order chi connectivity index (χ0) is 15.2. The molecule has 1 unspecified atom stereocenters. The van der Waals surface area contributed by atoms with Gasteiger partial charge in [-0.15, -0.1) is 0 Å². The summed E-state index contributed by atoms with van der Waals surface area (Å²) < 4.78 is 0. The molecule has 0 radical (unpaired) electrons. The smallest absolute Gasteiger partial charge is 0.233 e. The van der Waals surface area contributed by atoms with Crippen molar-refractivity contribution in [3.63, 3.8) is 0 Å². The third-order valence-electron chi connectivity index (χ3n) is 4.27. The average Bonchev–Trinajstić information content (AvgIpc) is 2.56. The average molecular weight is 283 g/mol. The van der Waals surface area contributed by atoms with Gasteiger partial charge in [0.25, 0.3) is 0 Å². The first-order chi connectivity index (χ1) is 9.34. The van der Waals surface area contributed by atoms with E-state index in [-0.39, 0.29) is 17.2 Å². The highest BCUT2D eigenvalue weighted by molar-refractivity contribution is 5.76. The van der Waals surface area contributed by atoms with Gasteiger partial charge >= 0.3 is 0 Å². The number of hydrogen-bond acceptors (Lipinski definition) is 3. The van der Waals surface area contributed by atoms with Crippen molar-refractivity contribution in [2.24, 2.45) is 17.2 Å². The van der Waals surface area contributed by atoms with E-state index in [0.29, 0.717) is 18.8 Å². The Labute approximate surface area is 122 Å². The minimum Gasteiger partial charge on any atom is -0.343 e. The third-order valence-corrected chi connectivity index (χ3v) is 4.27. The van der Waals surface area contributed by atoms with Gasteiger partial charge in [-0.25, -0.2) is 5.84 Å². The number of carbonyl (C=O) groups is 2.